The number of rotatable bonds is 6. The van der Waals surface area contributed by atoms with Gasteiger partial charge in [-0.2, -0.15) is 0 Å². The van der Waals surface area contributed by atoms with Gasteiger partial charge in [0.1, 0.15) is 0 Å². The average molecular weight is 298 g/mol. The second-order valence-electron chi connectivity index (χ2n) is 4.75. The van der Waals surface area contributed by atoms with E-state index in [1.54, 1.807) is 13.1 Å². The molecule has 6 heteroatoms. The van der Waals surface area contributed by atoms with Crippen molar-refractivity contribution >= 4 is 35.6 Å². The van der Waals surface area contributed by atoms with E-state index >= 15 is 0 Å². The van der Waals surface area contributed by atoms with Crippen LogP contribution in [0, 0.1) is 5.92 Å². The molecule has 5 nitrogen and oxygen atoms in total. The number of carbonyl (C=O) groups excluding carboxylic acids is 2. The van der Waals surface area contributed by atoms with Gasteiger partial charge in [0.15, 0.2) is 0 Å². The van der Waals surface area contributed by atoms with Gasteiger partial charge in [0.2, 0.25) is 11.8 Å². The molecule has 1 saturated carbocycles. The van der Waals surface area contributed by atoms with E-state index in [4.69, 9.17) is 0 Å². The summed E-state index contributed by atoms with van der Waals surface area (Å²) in [7, 11) is 1.81. The summed E-state index contributed by atoms with van der Waals surface area (Å²) in [5.74, 6) is 0.201. The van der Waals surface area contributed by atoms with Gasteiger partial charge in [0.05, 0.1) is 0 Å². The van der Waals surface area contributed by atoms with Crippen molar-refractivity contribution < 1.29 is 9.59 Å². The van der Waals surface area contributed by atoms with Crippen LogP contribution in [0.1, 0.15) is 19.3 Å². The number of nitrogens with one attached hydrogen (secondary N) is 3. The lowest BCUT2D eigenvalue weighted by atomic mass is 10.2. The van der Waals surface area contributed by atoms with E-state index in [2.05, 4.69) is 16.0 Å². The SMILES string of the molecule is CNCCC(=O)Nc1cccc(NC(=O)C2CC2)c1.Cl. The first-order valence-corrected chi connectivity index (χ1v) is 6.54. The van der Waals surface area contributed by atoms with Crippen molar-refractivity contribution in [2.75, 3.05) is 24.2 Å². The largest absolute Gasteiger partial charge is 0.326 e. The summed E-state index contributed by atoms with van der Waals surface area (Å²) < 4.78 is 0. The normalized spacial score (nSPS) is 13.2. The van der Waals surface area contributed by atoms with E-state index in [0.29, 0.717) is 18.7 Å². The van der Waals surface area contributed by atoms with Gasteiger partial charge in [-0.15, -0.1) is 12.4 Å². The van der Waals surface area contributed by atoms with Gasteiger partial charge in [-0.05, 0) is 38.1 Å². The molecule has 1 aromatic rings. The Kier molecular flexibility index (Phi) is 6.48. The van der Waals surface area contributed by atoms with Crippen LogP contribution in [0.4, 0.5) is 11.4 Å². The number of hydrogen-bond acceptors (Lipinski definition) is 3. The van der Waals surface area contributed by atoms with E-state index in [1.165, 1.54) is 0 Å². The minimum absolute atomic E-state index is 0. The maximum Gasteiger partial charge on any atom is 0.227 e. The molecule has 0 spiro atoms. The monoisotopic (exact) mass is 297 g/mol. The smallest absolute Gasteiger partial charge is 0.227 e. The molecule has 3 N–H and O–H groups in total. The Labute approximate surface area is 124 Å². The average Bonchev–Trinajstić information content (AvgIpc) is 3.21. The van der Waals surface area contributed by atoms with Crippen LogP contribution in [-0.4, -0.2) is 25.4 Å². The quantitative estimate of drug-likeness (QED) is 0.752. The highest BCUT2D eigenvalue weighted by Gasteiger charge is 2.29. The van der Waals surface area contributed by atoms with E-state index in [-0.39, 0.29) is 30.1 Å². The first-order valence-electron chi connectivity index (χ1n) is 6.54. The lowest BCUT2D eigenvalue weighted by Gasteiger charge is -2.08. The highest BCUT2D eigenvalue weighted by atomic mass is 35.5. The van der Waals surface area contributed by atoms with E-state index < -0.39 is 0 Å². The van der Waals surface area contributed by atoms with E-state index in [0.717, 1.165) is 18.5 Å². The molecule has 0 unspecified atom stereocenters. The highest BCUT2D eigenvalue weighted by Crippen LogP contribution is 2.30. The number of anilines is 2. The van der Waals surface area contributed by atoms with Gasteiger partial charge in [-0.25, -0.2) is 0 Å². The number of carbonyl (C=O) groups is 2. The van der Waals surface area contributed by atoms with Gasteiger partial charge in [-0.1, -0.05) is 6.07 Å². The molecule has 1 aliphatic carbocycles. The van der Waals surface area contributed by atoms with E-state index in [1.807, 2.05) is 18.2 Å². The fourth-order valence-corrected chi connectivity index (χ4v) is 1.73. The summed E-state index contributed by atoms with van der Waals surface area (Å²) >= 11 is 0. The summed E-state index contributed by atoms with van der Waals surface area (Å²) in [6.07, 6.45) is 2.38. The van der Waals surface area contributed by atoms with Crippen molar-refractivity contribution in [2.45, 2.75) is 19.3 Å². The third-order valence-electron chi connectivity index (χ3n) is 2.96. The molecule has 2 amide bonds. The van der Waals surface area contributed by atoms with Crippen molar-refractivity contribution in [3.05, 3.63) is 24.3 Å². The van der Waals surface area contributed by atoms with Crippen molar-refractivity contribution in [1.82, 2.24) is 5.32 Å². The van der Waals surface area contributed by atoms with Crippen molar-refractivity contribution in [1.29, 1.82) is 0 Å². The van der Waals surface area contributed by atoms with Crippen molar-refractivity contribution in [3.8, 4) is 0 Å². The number of halogens is 1. The highest BCUT2D eigenvalue weighted by molar-refractivity contribution is 5.95. The Morgan fingerprint density at radius 2 is 1.85 bits per heavy atom. The van der Waals surface area contributed by atoms with Crippen LogP contribution >= 0.6 is 12.4 Å². The zero-order valence-electron chi connectivity index (χ0n) is 11.4. The first kappa shape index (κ1) is 16.5. The molecule has 2 rings (SSSR count). The van der Waals surface area contributed by atoms with Gasteiger partial charge in [-0.3, -0.25) is 9.59 Å². The fraction of sp³-hybridized carbons (Fsp3) is 0.429. The van der Waals surface area contributed by atoms with Crippen LogP contribution in [0.15, 0.2) is 24.3 Å². The van der Waals surface area contributed by atoms with Crippen molar-refractivity contribution in [3.63, 3.8) is 0 Å². The number of benzene rings is 1. The van der Waals surface area contributed by atoms with Crippen LogP contribution in [0.5, 0.6) is 0 Å². The Morgan fingerprint density at radius 1 is 1.20 bits per heavy atom. The van der Waals surface area contributed by atoms with Gasteiger partial charge < -0.3 is 16.0 Å². The van der Waals surface area contributed by atoms with Crippen LogP contribution < -0.4 is 16.0 Å². The lowest BCUT2D eigenvalue weighted by molar-refractivity contribution is -0.117. The molecule has 0 aliphatic heterocycles. The molecule has 0 heterocycles. The molecular weight excluding hydrogens is 278 g/mol. The zero-order valence-corrected chi connectivity index (χ0v) is 12.3. The molecule has 0 bridgehead atoms. The molecule has 0 atom stereocenters. The van der Waals surface area contributed by atoms with Crippen molar-refractivity contribution in [2.24, 2.45) is 5.92 Å². The minimum Gasteiger partial charge on any atom is -0.326 e. The fourth-order valence-electron chi connectivity index (χ4n) is 1.73. The zero-order chi connectivity index (χ0) is 13.7. The number of hydrogen-bond donors (Lipinski definition) is 3. The first-order chi connectivity index (χ1) is 9.19. The third kappa shape index (κ3) is 5.19. The van der Waals surface area contributed by atoms with Crippen LogP contribution in [-0.2, 0) is 9.59 Å². The molecule has 0 radical (unpaired) electrons. The standard InChI is InChI=1S/C14H19N3O2.ClH/c1-15-8-7-13(18)16-11-3-2-4-12(9-11)17-14(19)10-5-6-10;/h2-4,9-10,15H,5-8H2,1H3,(H,16,18)(H,17,19);1H. The third-order valence-corrected chi connectivity index (χ3v) is 2.96. The summed E-state index contributed by atoms with van der Waals surface area (Å²) in [5, 5.41) is 8.59. The van der Waals surface area contributed by atoms with Crippen LogP contribution in [0.3, 0.4) is 0 Å². The maximum absolute atomic E-state index is 11.6. The topological polar surface area (TPSA) is 70.2 Å². The second-order valence-corrected chi connectivity index (χ2v) is 4.75. The molecule has 20 heavy (non-hydrogen) atoms. The molecule has 1 aliphatic rings. The summed E-state index contributed by atoms with van der Waals surface area (Å²) in [6, 6.07) is 7.22. The maximum atomic E-state index is 11.6. The Hall–Kier alpha value is -1.59. The summed E-state index contributed by atoms with van der Waals surface area (Å²) in [5.41, 5.74) is 1.43. The Morgan fingerprint density at radius 3 is 2.45 bits per heavy atom. The Bertz CT molecular complexity index is 475. The lowest BCUT2D eigenvalue weighted by Crippen LogP contribution is -2.19. The molecule has 1 fully saturated rings. The van der Waals surface area contributed by atoms with Crippen LogP contribution in [0.25, 0.3) is 0 Å². The van der Waals surface area contributed by atoms with Gasteiger partial charge in [0.25, 0.3) is 0 Å². The minimum atomic E-state index is -0.0416. The summed E-state index contributed by atoms with van der Waals surface area (Å²) in [6.45, 7) is 0.643. The molecule has 0 saturated heterocycles. The Balaban J connectivity index is 0.00000200. The van der Waals surface area contributed by atoms with Gasteiger partial charge >= 0.3 is 0 Å². The molecule has 0 aromatic heterocycles. The molecule has 110 valence electrons. The summed E-state index contributed by atoms with van der Waals surface area (Å²) in [4.78, 5) is 23.2. The molecular formula is C14H20ClN3O2. The predicted molar refractivity (Wildman–Crippen MR) is 82.2 cm³/mol. The molecule has 1 aromatic carbocycles. The van der Waals surface area contributed by atoms with Crippen LogP contribution in [0.2, 0.25) is 0 Å². The second kappa shape index (κ2) is 7.87. The van der Waals surface area contributed by atoms with Gasteiger partial charge in [0, 0.05) is 30.3 Å². The number of amides is 2. The van der Waals surface area contributed by atoms with E-state index in [9.17, 15) is 9.59 Å². The predicted octanol–water partition coefficient (Wildman–Crippen LogP) is 2.00.